The highest BCUT2D eigenvalue weighted by molar-refractivity contribution is 5.60. The van der Waals surface area contributed by atoms with Gasteiger partial charge in [-0.3, -0.25) is 0 Å². The van der Waals surface area contributed by atoms with Gasteiger partial charge in [-0.15, -0.1) is 0 Å². The lowest BCUT2D eigenvalue weighted by atomic mass is 10.3. The van der Waals surface area contributed by atoms with E-state index in [1.165, 1.54) is 0 Å². The number of hydrogen-bond donors (Lipinski definition) is 1. The Morgan fingerprint density at radius 3 is 3.08 bits per heavy atom. The van der Waals surface area contributed by atoms with Crippen LogP contribution in [0.5, 0.6) is 5.75 Å². The van der Waals surface area contributed by atoms with Gasteiger partial charge in [-0.2, -0.15) is 0 Å². The molecule has 3 heteroatoms. The van der Waals surface area contributed by atoms with Gasteiger partial charge in [0.05, 0.1) is 5.69 Å². The predicted molar refractivity (Wildman–Crippen MR) is 48.3 cm³/mol. The molecule has 64 valence electrons. The number of nitrogens with two attached hydrogens (primary N) is 1. The summed E-state index contributed by atoms with van der Waals surface area (Å²) >= 11 is 0. The highest BCUT2D eigenvalue weighted by atomic mass is 16.5. The molecule has 1 aromatic carbocycles. The second-order valence-electron chi connectivity index (χ2n) is 2.79. The zero-order valence-electron chi connectivity index (χ0n) is 6.86. The third-order valence-electron chi connectivity index (χ3n) is 1.98. The first-order chi connectivity index (χ1) is 5.92. The Hall–Kier alpha value is -1.22. The Morgan fingerprint density at radius 2 is 2.25 bits per heavy atom. The van der Waals surface area contributed by atoms with E-state index in [0.29, 0.717) is 13.3 Å². The number of para-hydroxylation sites is 2. The summed E-state index contributed by atoms with van der Waals surface area (Å²) in [4.78, 5) is 2.13. The summed E-state index contributed by atoms with van der Waals surface area (Å²) < 4.78 is 5.43. The van der Waals surface area contributed by atoms with Gasteiger partial charge in [0.15, 0.2) is 6.73 Å². The van der Waals surface area contributed by atoms with Crippen LogP contribution >= 0.6 is 0 Å². The van der Waals surface area contributed by atoms with E-state index in [-0.39, 0.29) is 0 Å². The molecule has 0 aliphatic carbocycles. The summed E-state index contributed by atoms with van der Waals surface area (Å²) in [7, 11) is 0. The van der Waals surface area contributed by atoms with Crippen LogP contribution in [0.4, 0.5) is 5.69 Å². The molecule has 0 bridgehead atoms. The molecule has 1 aliphatic rings. The van der Waals surface area contributed by atoms with Crippen LogP contribution in [0.1, 0.15) is 0 Å². The van der Waals surface area contributed by atoms with Crippen molar-refractivity contribution >= 4 is 5.69 Å². The molecule has 1 aliphatic heterocycles. The van der Waals surface area contributed by atoms with Gasteiger partial charge in [0, 0.05) is 13.1 Å². The standard InChI is InChI=1S/C9H12N2O/c10-5-6-11-7-12-9-4-2-1-3-8(9)11/h1-4H,5-7,10H2. The minimum Gasteiger partial charge on any atom is -0.471 e. The first-order valence-electron chi connectivity index (χ1n) is 4.08. The van der Waals surface area contributed by atoms with Crippen LogP contribution in [0.3, 0.4) is 0 Å². The molecule has 0 saturated heterocycles. The van der Waals surface area contributed by atoms with Crippen molar-refractivity contribution < 1.29 is 4.74 Å². The molecule has 2 rings (SSSR count). The van der Waals surface area contributed by atoms with Crippen molar-refractivity contribution in [1.29, 1.82) is 0 Å². The van der Waals surface area contributed by atoms with E-state index in [9.17, 15) is 0 Å². The van der Waals surface area contributed by atoms with Gasteiger partial charge in [-0.1, -0.05) is 12.1 Å². The maximum atomic E-state index is 5.47. The SMILES string of the molecule is NCCN1COc2ccccc21. The highest BCUT2D eigenvalue weighted by Gasteiger charge is 2.17. The summed E-state index contributed by atoms with van der Waals surface area (Å²) in [6.07, 6.45) is 0. The van der Waals surface area contributed by atoms with E-state index in [1.54, 1.807) is 0 Å². The smallest absolute Gasteiger partial charge is 0.161 e. The molecule has 0 atom stereocenters. The van der Waals surface area contributed by atoms with Gasteiger partial charge in [0.2, 0.25) is 0 Å². The quantitative estimate of drug-likeness (QED) is 0.702. The molecule has 3 nitrogen and oxygen atoms in total. The van der Waals surface area contributed by atoms with Crippen LogP contribution in [0.2, 0.25) is 0 Å². The van der Waals surface area contributed by atoms with Crippen LogP contribution in [-0.2, 0) is 0 Å². The monoisotopic (exact) mass is 164 g/mol. The molecule has 1 aromatic rings. The number of hydrogen-bond acceptors (Lipinski definition) is 3. The predicted octanol–water partition coefficient (Wildman–Crippen LogP) is 0.802. The third kappa shape index (κ3) is 1.12. The van der Waals surface area contributed by atoms with Gasteiger partial charge < -0.3 is 15.4 Å². The first-order valence-corrected chi connectivity index (χ1v) is 4.08. The molecular formula is C9H12N2O. The average molecular weight is 164 g/mol. The lowest BCUT2D eigenvalue weighted by Crippen LogP contribution is -2.28. The van der Waals surface area contributed by atoms with Crippen molar-refractivity contribution in [2.75, 3.05) is 24.7 Å². The van der Waals surface area contributed by atoms with Crippen LogP contribution in [0.25, 0.3) is 0 Å². The largest absolute Gasteiger partial charge is 0.471 e. The molecule has 0 amide bonds. The van der Waals surface area contributed by atoms with Crippen molar-refractivity contribution in [1.82, 2.24) is 0 Å². The molecule has 0 unspecified atom stereocenters. The molecule has 0 radical (unpaired) electrons. The minimum absolute atomic E-state index is 0.635. The molecule has 0 spiro atoms. The number of fused-ring (bicyclic) bond motifs is 1. The molecule has 1 heterocycles. The first kappa shape index (κ1) is 7.43. The zero-order chi connectivity index (χ0) is 8.39. The van der Waals surface area contributed by atoms with Crippen LogP contribution in [-0.4, -0.2) is 19.8 Å². The second-order valence-corrected chi connectivity index (χ2v) is 2.79. The van der Waals surface area contributed by atoms with Crippen LogP contribution in [0.15, 0.2) is 24.3 Å². The molecule has 0 fully saturated rings. The third-order valence-corrected chi connectivity index (χ3v) is 1.98. The van der Waals surface area contributed by atoms with Crippen molar-refractivity contribution in [3.8, 4) is 5.75 Å². The fraction of sp³-hybridized carbons (Fsp3) is 0.333. The number of ether oxygens (including phenoxy) is 1. The fourth-order valence-corrected chi connectivity index (χ4v) is 1.40. The van der Waals surface area contributed by atoms with Crippen molar-refractivity contribution in [2.45, 2.75) is 0 Å². The summed E-state index contributed by atoms with van der Waals surface area (Å²) in [6.45, 7) is 2.16. The van der Waals surface area contributed by atoms with Gasteiger partial charge >= 0.3 is 0 Å². The Morgan fingerprint density at radius 1 is 1.42 bits per heavy atom. The summed E-state index contributed by atoms with van der Waals surface area (Å²) in [6, 6.07) is 8.02. The second kappa shape index (κ2) is 3.03. The summed E-state index contributed by atoms with van der Waals surface area (Å²) in [5, 5.41) is 0. The molecular weight excluding hydrogens is 152 g/mol. The minimum atomic E-state index is 0.635. The van der Waals surface area contributed by atoms with Crippen LogP contribution in [0, 0.1) is 0 Å². The van der Waals surface area contributed by atoms with Gasteiger partial charge in [0.1, 0.15) is 5.75 Å². The highest BCUT2D eigenvalue weighted by Crippen LogP contribution is 2.32. The molecule has 0 aromatic heterocycles. The molecule has 2 N–H and O–H groups in total. The van der Waals surface area contributed by atoms with Crippen molar-refractivity contribution in [2.24, 2.45) is 5.73 Å². The van der Waals surface area contributed by atoms with E-state index in [1.807, 2.05) is 18.2 Å². The van der Waals surface area contributed by atoms with Gasteiger partial charge in [-0.05, 0) is 12.1 Å². The van der Waals surface area contributed by atoms with Crippen molar-refractivity contribution in [3.05, 3.63) is 24.3 Å². The summed E-state index contributed by atoms with van der Waals surface area (Å²) in [5.74, 6) is 0.964. The van der Waals surface area contributed by atoms with E-state index in [0.717, 1.165) is 18.0 Å². The topological polar surface area (TPSA) is 38.5 Å². The molecule has 0 saturated carbocycles. The van der Waals surface area contributed by atoms with E-state index in [2.05, 4.69) is 11.0 Å². The van der Waals surface area contributed by atoms with E-state index >= 15 is 0 Å². The Kier molecular flexibility index (Phi) is 1.87. The maximum Gasteiger partial charge on any atom is 0.161 e. The lowest BCUT2D eigenvalue weighted by molar-refractivity contribution is 0.347. The maximum absolute atomic E-state index is 5.47. The molecule has 12 heavy (non-hydrogen) atoms. The number of benzene rings is 1. The van der Waals surface area contributed by atoms with Gasteiger partial charge in [0.25, 0.3) is 0 Å². The van der Waals surface area contributed by atoms with E-state index < -0.39 is 0 Å². The Balaban J connectivity index is 2.24. The average Bonchev–Trinajstić information content (AvgIpc) is 2.50. The normalized spacial score (nSPS) is 14.2. The van der Waals surface area contributed by atoms with Gasteiger partial charge in [-0.25, -0.2) is 0 Å². The number of anilines is 1. The number of rotatable bonds is 2. The van der Waals surface area contributed by atoms with Crippen LogP contribution < -0.4 is 15.4 Å². The lowest BCUT2D eigenvalue weighted by Gasteiger charge is -2.14. The Labute approximate surface area is 71.7 Å². The Bertz CT molecular complexity index is 273. The zero-order valence-corrected chi connectivity index (χ0v) is 6.86. The fourth-order valence-electron chi connectivity index (χ4n) is 1.40. The van der Waals surface area contributed by atoms with E-state index in [4.69, 9.17) is 10.5 Å². The van der Waals surface area contributed by atoms with Crippen molar-refractivity contribution in [3.63, 3.8) is 0 Å². The number of nitrogens with zero attached hydrogens (tertiary/aromatic N) is 1. The summed E-state index contributed by atoms with van der Waals surface area (Å²) in [5.41, 5.74) is 6.62.